The number of fused-ring (bicyclic) bond motifs is 1. The number of anilines is 1. The van der Waals surface area contributed by atoms with Gasteiger partial charge in [-0.05, 0) is 31.6 Å². The first-order valence-corrected chi connectivity index (χ1v) is 4.94. The minimum absolute atomic E-state index is 0.444. The Morgan fingerprint density at radius 2 is 1.67 bits per heavy atom. The molecule has 0 atom stereocenters. The molecule has 2 aliphatic rings. The van der Waals surface area contributed by atoms with Gasteiger partial charge in [-0.15, -0.1) is 0 Å². The standard InChI is InChI=1S/C8H5NO2.C3H7N/c10-7-5-3-1-2-4-6(5)9-8(7)11;1-2-4-3-1/h1-4H,(H,9,10,11);4H,1-3H2. The predicted octanol–water partition coefficient (Wildman–Crippen LogP) is 0.801. The Morgan fingerprint density at radius 3 is 2.20 bits per heavy atom. The maximum Gasteiger partial charge on any atom is 0.296 e. The van der Waals surface area contributed by atoms with Crippen molar-refractivity contribution in [1.82, 2.24) is 5.32 Å². The van der Waals surface area contributed by atoms with E-state index < -0.39 is 11.7 Å². The Balaban J connectivity index is 0.000000179. The Bertz CT molecular complexity index is 393. The number of Topliss-reactive ketones (excluding diaryl/α,β-unsaturated/α-hetero) is 1. The van der Waals surface area contributed by atoms with E-state index in [0.717, 1.165) is 0 Å². The van der Waals surface area contributed by atoms with Crippen molar-refractivity contribution in [2.75, 3.05) is 18.4 Å². The second kappa shape index (κ2) is 4.23. The zero-order chi connectivity index (χ0) is 10.7. The zero-order valence-corrected chi connectivity index (χ0v) is 8.25. The summed E-state index contributed by atoms with van der Waals surface area (Å²) in [6.07, 6.45) is 1.39. The molecule has 1 aromatic carbocycles. The molecular formula is C11H12N2O2. The molecule has 78 valence electrons. The van der Waals surface area contributed by atoms with E-state index >= 15 is 0 Å². The van der Waals surface area contributed by atoms with E-state index in [1.54, 1.807) is 24.3 Å². The topological polar surface area (TPSA) is 58.2 Å². The second-order valence-electron chi connectivity index (χ2n) is 3.43. The van der Waals surface area contributed by atoms with Crippen molar-refractivity contribution in [2.45, 2.75) is 6.42 Å². The minimum atomic E-state index is -0.536. The van der Waals surface area contributed by atoms with Crippen LogP contribution in [0.4, 0.5) is 5.69 Å². The third kappa shape index (κ3) is 2.05. The third-order valence-electron chi connectivity index (χ3n) is 2.33. The smallest absolute Gasteiger partial charge is 0.296 e. The van der Waals surface area contributed by atoms with Crippen LogP contribution in [-0.2, 0) is 4.79 Å². The molecule has 0 aromatic heterocycles. The van der Waals surface area contributed by atoms with Crippen molar-refractivity contribution >= 4 is 17.4 Å². The summed E-state index contributed by atoms with van der Waals surface area (Å²) in [5, 5.41) is 5.57. The number of rotatable bonds is 0. The summed E-state index contributed by atoms with van der Waals surface area (Å²) >= 11 is 0. The van der Waals surface area contributed by atoms with Gasteiger partial charge in [0.25, 0.3) is 11.7 Å². The fraction of sp³-hybridized carbons (Fsp3) is 0.273. The highest BCUT2D eigenvalue weighted by atomic mass is 16.2. The van der Waals surface area contributed by atoms with Crippen LogP contribution in [0, 0.1) is 0 Å². The maximum absolute atomic E-state index is 11.0. The first-order chi connectivity index (χ1) is 7.29. The molecule has 2 N–H and O–H groups in total. The molecule has 2 heterocycles. The number of hydrogen-bond acceptors (Lipinski definition) is 3. The van der Waals surface area contributed by atoms with Gasteiger partial charge in [0.2, 0.25) is 0 Å². The molecule has 0 aliphatic carbocycles. The number of ketones is 1. The molecule has 0 radical (unpaired) electrons. The number of carbonyl (C=O) groups excluding carboxylic acids is 2. The highest BCUT2D eigenvalue weighted by Crippen LogP contribution is 2.21. The van der Waals surface area contributed by atoms with Crippen molar-refractivity contribution in [3.05, 3.63) is 29.8 Å². The van der Waals surface area contributed by atoms with Crippen molar-refractivity contribution in [1.29, 1.82) is 0 Å². The van der Waals surface area contributed by atoms with Gasteiger partial charge in [-0.1, -0.05) is 12.1 Å². The molecule has 3 rings (SSSR count). The summed E-state index contributed by atoms with van der Waals surface area (Å²) in [5.74, 6) is -0.980. The molecule has 0 saturated carbocycles. The van der Waals surface area contributed by atoms with Crippen LogP contribution in [0.3, 0.4) is 0 Å². The summed E-state index contributed by atoms with van der Waals surface area (Å²) in [4.78, 5) is 21.8. The van der Waals surface area contributed by atoms with Crippen molar-refractivity contribution in [3.63, 3.8) is 0 Å². The average molecular weight is 204 g/mol. The fourth-order valence-electron chi connectivity index (χ4n) is 1.27. The molecule has 1 aromatic rings. The molecular weight excluding hydrogens is 192 g/mol. The van der Waals surface area contributed by atoms with E-state index in [4.69, 9.17) is 0 Å². The van der Waals surface area contributed by atoms with Gasteiger partial charge in [0.15, 0.2) is 0 Å². The van der Waals surface area contributed by atoms with E-state index in [2.05, 4.69) is 10.6 Å². The number of amides is 1. The summed E-state index contributed by atoms with van der Waals surface area (Å²) in [5.41, 5.74) is 1.08. The van der Waals surface area contributed by atoms with Crippen LogP contribution in [0.2, 0.25) is 0 Å². The first kappa shape index (κ1) is 9.86. The largest absolute Gasteiger partial charge is 0.318 e. The molecule has 15 heavy (non-hydrogen) atoms. The average Bonchev–Trinajstić information content (AvgIpc) is 2.41. The first-order valence-electron chi connectivity index (χ1n) is 4.94. The van der Waals surface area contributed by atoms with Gasteiger partial charge in [0.05, 0.1) is 11.3 Å². The Hall–Kier alpha value is -1.68. The van der Waals surface area contributed by atoms with Crippen LogP contribution < -0.4 is 10.6 Å². The lowest BCUT2D eigenvalue weighted by atomic mass is 10.1. The Morgan fingerprint density at radius 1 is 1.07 bits per heavy atom. The number of nitrogens with one attached hydrogen (secondary N) is 2. The van der Waals surface area contributed by atoms with Gasteiger partial charge in [0, 0.05) is 0 Å². The summed E-state index contributed by atoms with van der Waals surface area (Å²) in [7, 11) is 0. The van der Waals surface area contributed by atoms with E-state index in [1.165, 1.54) is 19.5 Å². The Labute approximate surface area is 87.7 Å². The van der Waals surface area contributed by atoms with Crippen molar-refractivity contribution in [2.24, 2.45) is 0 Å². The summed E-state index contributed by atoms with van der Waals surface area (Å²) in [6, 6.07) is 6.85. The van der Waals surface area contributed by atoms with Crippen LogP contribution in [0.25, 0.3) is 0 Å². The van der Waals surface area contributed by atoms with E-state index in [1.807, 2.05) is 0 Å². The SMILES string of the molecule is C1CNC1.O=C1Nc2ccccc2C1=O. The number of para-hydroxylation sites is 1. The highest BCUT2D eigenvalue weighted by molar-refractivity contribution is 6.51. The molecule has 4 heteroatoms. The zero-order valence-electron chi connectivity index (χ0n) is 8.25. The maximum atomic E-state index is 11.0. The van der Waals surface area contributed by atoms with Gasteiger partial charge >= 0.3 is 0 Å². The number of hydrogen-bond donors (Lipinski definition) is 2. The molecule has 4 nitrogen and oxygen atoms in total. The molecule has 1 fully saturated rings. The van der Waals surface area contributed by atoms with Crippen LogP contribution in [0.15, 0.2) is 24.3 Å². The summed E-state index contributed by atoms with van der Waals surface area (Å²) < 4.78 is 0. The number of benzene rings is 1. The summed E-state index contributed by atoms with van der Waals surface area (Å²) in [6.45, 7) is 2.50. The Kier molecular flexibility index (Phi) is 2.78. The third-order valence-corrected chi connectivity index (χ3v) is 2.33. The normalized spacial score (nSPS) is 17.1. The van der Waals surface area contributed by atoms with Crippen LogP contribution in [-0.4, -0.2) is 24.8 Å². The van der Waals surface area contributed by atoms with Crippen molar-refractivity contribution in [3.8, 4) is 0 Å². The lowest BCUT2D eigenvalue weighted by Gasteiger charge is -2.09. The quantitative estimate of drug-likeness (QED) is 0.614. The fourth-order valence-corrected chi connectivity index (χ4v) is 1.27. The monoisotopic (exact) mass is 204 g/mol. The molecule has 0 bridgehead atoms. The lowest BCUT2D eigenvalue weighted by molar-refractivity contribution is -0.112. The second-order valence-corrected chi connectivity index (χ2v) is 3.43. The van der Waals surface area contributed by atoms with E-state index in [-0.39, 0.29) is 0 Å². The molecule has 0 unspecified atom stereocenters. The van der Waals surface area contributed by atoms with Crippen LogP contribution in [0.1, 0.15) is 16.8 Å². The van der Waals surface area contributed by atoms with Gasteiger partial charge < -0.3 is 10.6 Å². The molecule has 0 spiro atoms. The molecule has 1 amide bonds. The van der Waals surface area contributed by atoms with Gasteiger partial charge in [-0.25, -0.2) is 0 Å². The highest BCUT2D eigenvalue weighted by Gasteiger charge is 2.26. The van der Waals surface area contributed by atoms with Gasteiger partial charge in [-0.3, -0.25) is 9.59 Å². The van der Waals surface area contributed by atoms with Gasteiger partial charge in [-0.2, -0.15) is 0 Å². The van der Waals surface area contributed by atoms with Crippen molar-refractivity contribution < 1.29 is 9.59 Å². The van der Waals surface area contributed by atoms with Crippen LogP contribution in [0.5, 0.6) is 0 Å². The number of carbonyl (C=O) groups is 2. The minimum Gasteiger partial charge on any atom is -0.318 e. The predicted molar refractivity (Wildman–Crippen MR) is 56.9 cm³/mol. The van der Waals surface area contributed by atoms with E-state index in [0.29, 0.717) is 11.3 Å². The van der Waals surface area contributed by atoms with Gasteiger partial charge in [0.1, 0.15) is 0 Å². The van der Waals surface area contributed by atoms with E-state index in [9.17, 15) is 9.59 Å². The lowest BCUT2D eigenvalue weighted by Crippen LogP contribution is -2.29. The van der Waals surface area contributed by atoms with Crippen LogP contribution >= 0.6 is 0 Å². The molecule has 2 aliphatic heterocycles. The molecule has 1 saturated heterocycles.